The number of azide groups is 2. The van der Waals surface area contributed by atoms with Crippen molar-refractivity contribution in [2.75, 3.05) is 38.2 Å². The maximum atomic E-state index is 8.27. The molecule has 0 aromatic heterocycles. The Balaban J connectivity index is 2.57. The quantitative estimate of drug-likeness (QED) is 0.108. The molecule has 0 aliphatic carbocycles. The molecule has 0 saturated heterocycles. The van der Waals surface area contributed by atoms with E-state index in [0.29, 0.717) is 45.8 Å². The number of halogens is 1. The molecule has 0 heterocycles. The maximum absolute atomic E-state index is 8.27. The Hall–Kier alpha value is -1.96. The lowest BCUT2D eigenvalue weighted by Gasteiger charge is -2.19. The maximum Gasteiger partial charge on any atom is 0.183 e. The zero-order valence-electron chi connectivity index (χ0n) is 13.8. The van der Waals surface area contributed by atoms with Crippen LogP contribution < -0.4 is 4.74 Å². The van der Waals surface area contributed by atoms with Crippen LogP contribution in [0.2, 0.25) is 0 Å². The average molecular weight is 413 g/mol. The van der Waals surface area contributed by atoms with Crippen molar-refractivity contribution >= 4 is 15.9 Å². The first-order valence-corrected chi connectivity index (χ1v) is 8.97. The van der Waals surface area contributed by atoms with E-state index in [2.05, 4.69) is 36.0 Å². The number of ether oxygens (including phenoxy) is 3. The van der Waals surface area contributed by atoms with E-state index in [1.54, 1.807) is 0 Å². The zero-order valence-corrected chi connectivity index (χ0v) is 15.4. The van der Waals surface area contributed by atoms with E-state index in [9.17, 15) is 0 Å². The summed E-state index contributed by atoms with van der Waals surface area (Å²) in [5.74, 6) is 0.772. The second-order valence-electron chi connectivity index (χ2n) is 4.80. The van der Waals surface area contributed by atoms with Gasteiger partial charge in [-0.25, -0.2) is 0 Å². The minimum Gasteiger partial charge on any atom is -0.493 e. The molecular weight excluding hydrogens is 392 g/mol. The van der Waals surface area contributed by atoms with E-state index in [-0.39, 0.29) is 0 Å². The lowest BCUT2D eigenvalue weighted by Crippen LogP contribution is -2.12. The normalized spacial score (nSPS) is 11.2. The summed E-state index contributed by atoms with van der Waals surface area (Å²) in [5.41, 5.74) is 17.4. The van der Waals surface area contributed by atoms with Gasteiger partial charge < -0.3 is 14.2 Å². The molecule has 0 N–H and O–H groups in total. The smallest absolute Gasteiger partial charge is 0.183 e. The van der Waals surface area contributed by atoms with Crippen LogP contribution in [0.25, 0.3) is 20.9 Å². The highest BCUT2D eigenvalue weighted by atomic mass is 79.9. The van der Waals surface area contributed by atoms with E-state index < -0.39 is 6.29 Å². The molecular formula is C15H21BrN6O3. The van der Waals surface area contributed by atoms with E-state index in [1.165, 1.54) is 0 Å². The van der Waals surface area contributed by atoms with Crippen molar-refractivity contribution in [1.29, 1.82) is 0 Å². The van der Waals surface area contributed by atoms with Crippen LogP contribution in [0.4, 0.5) is 0 Å². The van der Waals surface area contributed by atoms with Gasteiger partial charge in [0.15, 0.2) is 6.29 Å². The third-order valence-corrected chi connectivity index (χ3v) is 3.29. The topological polar surface area (TPSA) is 125 Å². The van der Waals surface area contributed by atoms with Gasteiger partial charge in [-0.1, -0.05) is 38.3 Å². The summed E-state index contributed by atoms with van der Waals surface area (Å²) >= 11 is 3.31. The van der Waals surface area contributed by atoms with Crippen molar-refractivity contribution in [2.45, 2.75) is 19.1 Å². The highest BCUT2D eigenvalue weighted by Gasteiger charge is 2.12. The summed E-state index contributed by atoms with van der Waals surface area (Å²) in [6, 6.07) is 7.49. The minimum atomic E-state index is -0.539. The molecule has 25 heavy (non-hydrogen) atoms. The monoisotopic (exact) mass is 412 g/mol. The third-order valence-electron chi connectivity index (χ3n) is 2.97. The summed E-state index contributed by atoms with van der Waals surface area (Å²) in [5, 5.41) is 7.70. The van der Waals surface area contributed by atoms with Gasteiger partial charge >= 0.3 is 0 Å². The molecule has 0 amide bonds. The molecule has 1 aromatic carbocycles. The number of nitrogens with zero attached hydrogens (tertiary/aromatic N) is 6. The first kappa shape index (κ1) is 21.1. The molecule has 1 rings (SSSR count). The third kappa shape index (κ3) is 9.81. The van der Waals surface area contributed by atoms with Crippen molar-refractivity contribution in [3.8, 4) is 5.75 Å². The first-order chi connectivity index (χ1) is 12.3. The van der Waals surface area contributed by atoms with Gasteiger partial charge in [0, 0.05) is 33.8 Å². The van der Waals surface area contributed by atoms with Gasteiger partial charge in [-0.2, -0.15) is 0 Å². The first-order valence-electron chi connectivity index (χ1n) is 7.85. The average Bonchev–Trinajstić information content (AvgIpc) is 2.65. The fourth-order valence-corrected chi connectivity index (χ4v) is 2.02. The van der Waals surface area contributed by atoms with Gasteiger partial charge in [0.1, 0.15) is 5.75 Å². The molecule has 9 nitrogen and oxygen atoms in total. The highest BCUT2D eigenvalue weighted by molar-refractivity contribution is 9.09. The van der Waals surface area contributed by atoms with Crippen LogP contribution in [0.1, 0.15) is 24.7 Å². The van der Waals surface area contributed by atoms with Gasteiger partial charge in [-0.05, 0) is 36.0 Å². The summed E-state index contributed by atoms with van der Waals surface area (Å²) in [6.45, 7) is 2.15. The lowest BCUT2D eigenvalue weighted by atomic mass is 10.2. The van der Waals surface area contributed by atoms with Crippen molar-refractivity contribution in [2.24, 2.45) is 10.2 Å². The molecule has 0 fully saturated rings. The van der Waals surface area contributed by atoms with Crippen LogP contribution in [-0.4, -0.2) is 38.2 Å². The van der Waals surface area contributed by atoms with Gasteiger partial charge in [0.25, 0.3) is 0 Å². The van der Waals surface area contributed by atoms with Crippen LogP contribution >= 0.6 is 15.9 Å². The van der Waals surface area contributed by atoms with Crippen LogP contribution in [0.3, 0.4) is 0 Å². The van der Waals surface area contributed by atoms with Crippen LogP contribution in [-0.2, 0) is 9.47 Å². The SMILES string of the molecule is [N-]=[N+]=NCCCOC(OCCCN=[N+]=[N-])c1ccc(OCCBr)cc1. The van der Waals surface area contributed by atoms with Crippen molar-refractivity contribution in [1.82, 2.24) is 0 Å². The van der Waals surface area contributed by atoms with Crippen molar-refractivity contribution in [3.63, 3.8) is 0 Å². The molecule has 0 aliphatic rings. The summed E-state index contributed by atoms with van der Waals surface area (Å²) < 4.78 is 17.0. The zero-order chi connectivity index (χ0) is 18.2. The number of hydrogen-bond donors (Lipinski definition) is 0. The van der Waals surface area contributed by atoms with E-state index >= 15 is 0 Å². The minimum absolute atomic E-state index is 0.374. The van der Waals surface area contributed by atoms with Gasteiger partial charge in [-0.15, -0.1) is 0 Å². The Morgan fingerprint density at radius 2 is 1.48 bits per heavy atom. The molecule has 0 unspecified atom stereocenters. The summed E-state index contributed by atoms with van der Waals surface area (Å²) in [7, 11) is 0. The Labute approximate surface area is 154 Å². The Morgan fingerprint density at radius 1 is 0.920 bits per heavy atom. The highest BCUT2D eigenvalue weighted by Crippen LogP contribution is 2.22. The van der Waals surface area contributed by atoms with Gasteiger partial charge in [0.05, 0.1) is 19.8 Å². The van der Waals surface area contributed by atoms with Crippen LogP contribution in [0.5, 0.6) is 5.75 Å². The van der Waals surface area contributed by atoms with E-state index in [1.807, 2.05) is 24.3 Å². The van der Waals surface area contributed by atoms with Gasteiger partial charge in [0.2, 0.25) is 0 Å². The molecule has 0 radical (unpaired) electrons. The van der Waals surface area contributed by atoms with Crippen molar-refractivity contribution in [3.05, 3.63) is 50.7 Å². The molecule has 0 spiro atoms. The molecule has 136 valence electrons. The largest absolute Gasteiger partial charge is 0.493 e. The molecule has 0 saturated carbocycles. The van der Waals surface area contributed by atoms with Gasteiger partial charge in [-0.3, -0.25) is 0 Å². The second-order valence-corrected chi connectivity index (χ2v) is 5.59. The number of rotatable bonds is 14. The Kier molecular flexibility index (Phi) is 12.1. The molecule has 0 aliphatic heterocycles. The van der Waals surface area contributed by atoms with Crippen LogP contribution in [0.15, 0.2) is 34.5 Å². The molecule has 0 atom stereocenters. The Morgan fingerprint density at radius 3 is 1.96 bits per heavy atom. The number of alkyl halides is 1. The fraction of sp³-hybridized carbons (Fsp3) is 0.600. The Bertz CT molecular complexity index is 547. The number of benzene rings is 1. The van der Waals surface area contributed by atoms with Crippen molar-refractivity contribution < 1.29 is 14.2 Å². The number of hydrogen-bond acceptors (Lipinski definition) is 5. The van der Waals surface area contributed by atoms with E-state index in [4.69, 9.17) is 25.3 Å². The van der Waals surface area contributed by atoms with E-state index in [0.717, 1.165) is 16.6 Å². The summed E-state index contributed by atoms with van der Waals surface area (Å²) in [6.07, 6.45) is 0.673. The predicted molar refractivity (Wildman–Crippen MR) is 97.6 cm³/mol. The molecule has 10 heteroatoms. The molecule has 1 aromatic rings. The lowest BCUT2D eigenvalue weighted by molar-refractivity contribution is -0.147. The summed E-state index contributed by atoms with van der Waals surface area (Å²) in [4.78, 5) is 5.41. The second kappa shape index (κ2) is 14.4. The predicted octanol–water partition coefficient (Wildman–Crippen LogP) is 4.89. The fourth-order valence-electron chi connectivity index (χ4n) is 1.86. The standard InChI is InChI=1S/C15H21BrN6O3/c16-7-12-23-14-5-3-13(4-6-14)15(24-10-1-8-19-21-17)25-11-2-9-20-22-18/h3-6,15H,1-2,7-12H2. The van der Waals surface area contributed by atoms with Crippen LogP contribution in [0, 0.1) is 0 Å². The molecule has 0 bridgehead atoms.